The van der Waals surface area contributed by atoms with Crippen molar-refractivity contribution in [3.05, 3.63) is 53.6 Å². The molecule has 2 N–H and O–H groups in total. The van der Waals surface area contributed by atoms with Gasteiger partial charge in [-0.1, -0.05) is 6.07 Å². The molecule has 0 fully saturated rings. The second-order valence-corrected chi connectivity index (χ2v) is 5.47. The summed E-state index contributed by atoms with van der Waals surface area (Å²) >= 11 is 0. The number of carbonyl (C=O) groups excluding carboxylic acids is 2. The number of nitrogens with one attached hydrogen (secondary N) is 2. The smallest absolute Gasteiger partial charge is 0.271 e. The fourth-order valence-electron chi connectivity index (χ4n) is 2.30. The monoisotopic (exact) mass is 355 g/mol. The number of amides is 2. The van der Waals surface area contributed by atoms with Gasteiger partial charge >= 0.3 is 0 Å². The average Bonchev–Trinajstić information content (AvgIpc) is 2.64. The van der Waals surface area contributed by atoms with Crippen molar-refractivity contribution < 1.29 is 19.1 Å². The quantitative estimate of drug-likeness (QED) is 0.616. The lowest BCUT2D eigenvalue weighted by molar-refractivity contribution is -0.114. The number of ether oxygens (including phenoxy) is 2. The molecule has 0 aromatic heterocycles. The summed E-state index contributed by atoms with van der Waals surface area (Å²) in [6.07, 6.45) is 0. The second-order valence-electron chi connectivity index (χ2n) is 5.47. The van der Waals surface area contributed by atoms with Gasteiger partial charge < -0.3 is 14.8 Å². The molecule has 0 unspecified atom stereocenters. The molecule has 0 saturated carbocycles. The third-order valence-corrected chi connectivity index (χ3v) is 3.57. The standard InChI is InChI=1S/C19H21N3O4/c1-12(17-9-8-16(25-3)11-18(17)26-4)21-22-19(24)14-6-5-7-15(10-14)20-13(2)23/h5-11H,1-4H3,(H,20,23)(H,22,24)/b21-12+. The number of rotatable bonds is 6. The van der Waals surface area contributed by atoms with Gasteiger partial charge in [-0.3, -0.25) is 9.59 Å². The highest BCUT2D eigenvalue weighted by Gasteiger charge is 2.10. The van der Waals surface area contributed by atoms with Crippen LogP contribution in [-0.4, -0.2) is 31.7 Å². The van der Waals surface area contributed by atoms with Gasteiger partial charge in [0.25, 0.3) is 5.91 Å². The van der Waals surface area contributed by atoms with Crippen LogP contribution in [0.4, 0.5) is 5.69 Å². The van der Waals surface area contributed by atoms with E-state index in [1.54, 1.807) is 63.6 Å². The molecule has 26 heavy (non-hydrogen) atoms. The van der Waals surface area contributed by atoms with Gasteiger partial charge in [0.05, 0.1) is 19.9 Å². The van der Waals surface area contributed by atoms with E-state index in [1.165, 1.54) is 6.92 Å². The van der Waals surface area contributed by atoms with Crippen LogP contribution in [0.3, 0.4) is 0 Å². The zero-order valence-electron chi connectivity index (χ0n) is 15.1. The van der Waals surface area contributed by atoms with Crippen molar-refractivity contribution >= 4 is 23.2 Å². The Balaban J connectivity index is 2.16. The molecular weight excluding hydrogens is 334 g/mol. The fraction of sp³-hybridized carbons (Fsp3) is 0.211. The summed E-state index contributed by atoms with van der Waals surface area (Å²) in [6.45, 7) is 3.17. The summed E-state index contributed by atoms with van der Waals surface area (Å²) in [7, 11) is 3.13. The van der Waals surface area contributed by atoms with Crippen LogP contribution in [0.15, 0.2) is 47.6 Å². The third kappa shape index (κ3) is 4.83. The van der Waals surface area contributed by atoms with Crippen molar-refractivity contribution in [3.8, 4) is 11.5 Å². The van der Waals surface area contributed by atoms with Gasteiger partial charge in [0.1, 0.15) is 11.5 Å². The molecule has 7 heteroatoms. The normalized spacial score (nSPS) is 10.8. The summed E-state index contributed by atoms with van der Waals surface area (Å²) in [6, 6.07) is 11.9. The van der Waals surface area contributed by atoms with Gasteiger partial charge in [0, 0.05) is 29.8 Å². The summed E-state index contributed by atoms with van der Waals surface area (Å²) in [5.41, 5.74) is 4.75. The minimum Gasteiger partial charge on any atom is -0.497 e. The summed E-state index contributed by atoms with van der Waals surface area (Å²) < 4.78 is 10.5. The van der Waals surface area contributed by atoms with E-state index in [0.29, 0.717) is 28.5 Å². The van der Waals surface area contributed by atoms with E-state index in [1.807, 2.05) is 0 Å². The Morgan fingerprint density at radius 3 is 2.42 bits per heavy atom. The first-order valence-electron chi connectivity index (χ1n) is 7.89. The predicted molar refractivity (Wildman–Crippen MR) is 100.0 cm³/mol. The number of hydrazone groups is 1. The number of carbonyl (C=O) groups is 2. The molecule has 7 nitrogen and oxygen atoms in total. The lowest BCUT2D eigenvalue weighted by Crippen LogP contribution is -2.20. The van der Waals surface area contributed by atoms with Gasteiger partial charge in [0.15, 0.2) is 0 Å². The van der Waals surface area contributed by atoms with Gasteiger partial charge in [-0.2, -0.15) is 5.10 Å². The fourth-order valence-corrected chi connectivity index (χ4v) is 2.30. The van der Waals surface area contributed by atoms with Crippen LogP contribution in [0, 0.1) is 0 Å². The molecule has 2 aromatic carbocycles. The largest absolute Gasteiger partial charge is 0.497 e. The maximum Gasteiger partial charge on any atom is 0.271 e. The van der Waals surface area contributed by atoms with E-state index < -0.39 is 0 Å². The molecule has 2 amide bonds. The molecule has 2 rings (SSSR count). The number of methoxy groups -OCH3 is 2. The van der Waals surface area contributed by atoms with E-state index in [4.69, 9.17) is 9.47 Å². The van der Waals surface area contributed by atoms with Crippen molar-refractivity contribution in [1.82, 2.24) is 5.43 Å². The number of nitrogens with zero attached hydrogens (tertiary/aromatic N) is 1. The Labute approximate surface area is 152 Å². The van der Waals surface area contributed by atoms with Crippen molar-refractivity contribution in [2.24, 2.45) is 5.10 Å². The average molecular weight is 355 g/mol. The number of hydrogen-bond acceptors (Lipinski definition) is 5. The van der Waals surface area contributed by atoms with Crippen molar-refractivity contribution in [1.29, 1.82) is 0 Å². The van der Waals surface area contributed by atoms with Crippen LogP contribution in [0.2, 0.25) is 0 Å². The summed E-state index contributed by atoms with van der Waals surface area (Å²) in [5.74, 6) is 0.664. The van der Waals surface area contributed by atoms with Crippen LogP contribution in [-0.2, 0) is 4.79 Å². The Bertz CT molecular complexity index is 846. The lowest BCUT2D eigenvalue weighted by atomic mass is 10.1. The first-order chi connectivity index (χ1) is 12.4. The molecule has 0 bridgehead atoms. The molecule has 0 aliphatic rings. The first kappa shape index (κ1) is 19.0. The third-order valence-electron chi connectivity index (χ3n) is 3.57. The zero-order chi connectivity index (χ0) is 19.1. The molecule has 0 radical (unpaired) electrons. The number of anilines is 1. The van der Waals surface area contributed by atoms with E-state index in [0.717, 1.165) is 5.56 Å². The SMILES string of the molecule is COc1ccc(/C(C)=N/NC(=O)c2cccc(NC(C)=O)c2)c(OC)c1. The molecule has 0 spiro atoms. The van der Waals surface area contributed by atoms with Gasteiger partial charge in [-0.25, -0.2) is 5.43 Å². The molecule has 0 aliphatic carbocycles. The summed E-state index contributed by atoms with van der Waals surface area (Å²) in [5, 5.41) is 6.77. The van der Waals surface area contributed by atoms with Gasteiger partial charge in [0.2, 0.25) is 5.91 Å². The molecule has 0 aliphatic heterocycles. The molecule has 0 heterocycles. The van der Waals surface area contributed by atoms with Crippen LogP contribution in [0.5, 0.6) is 11.5 Å². The van der Waals surface area contributed by atoms with Crippen LogP contribution >= 0.6 is 0 Å². The van der Waals surface area contributed by atoms with Crippen molar-refractivity contribution in [2.45, 2.75) is 13.8 Å². The Kier molecular flexibility index (Phi) is 6.32. The molecule has 2 aromatic rings. The molecule has 136 valence electrons. The second kappa shape index (κ2) is 8.66. The molecule has 0 saturated heterocycles. The first-order valence-corrected chi connectivity index (χ1v) is 7.89. The van der Waals surface area contributed by atoms with Crippen LogP contribution in [0.25, 0.3) is 0 Å². The van der Waals surface area contributed by atoms with Crippen molar-refractivity contribution in [3.63, 3.8) is 0 Å². The maximum atomic E-state index is 12.3. The van der Waals surface area contributed by atoms with E-state index in [-0.39, 0.29) is 11.8 Å². The molecule has 0 atom stereocenters. The minimum absolute atomic E-state index is 0.206. The Hall–Kier alpha value is -3.35. The van der Waals surface area contributed by atoms with E-state index in [2.05, 4.69) is 15.8 Å². The Morgan fingerprint density at radius 1 is 1.00 bits per heavy atom. The predicted octanol–water partition coefficient (Wildman–Crippen LogP) is 2.82. The topological polar surface area (TPSA) is 89.0 Å². The highest BCUT2D eigenvalue weighted by molar-refractivity contribution is 6.03. The minimum atomic E-state index is -0.385. The van der Waals surface area contributed by atoms with E-state index >= 15 is 0 Å². The van der Waals surface area contributed by atoms with Crippen molar-refractivity contribution in [2.75, 3.05) is 19.5 Å². The number of benzene rings is 2. The summed E-state index contributed by atoms with van der Waals surface area (Å²) in [4.78, 5) is 23.4. The van der Waals surface area contributed by atoms with Gasteiger partial charge in [-0.05, 0) is 37.3 Å². The lowest BCUT2D eigenvalue weighted by Gasteiger charge is -2.10. The highest BCUT2D eigenvalue weighted by Crippen LogP contribution is 2.25. The zero-order valence-corrected chi connectivity index (χ0v) is 15.1. The van der Waals surface area contributed by atoms with E-state index in [9.17, 15) is 9.59 Å². The van der Waals surface area contributed by atoms with Crippen LogP contribution in [0.1, 0.15) is 29.8 Å². The highest BCUT2D eigenvalue weighted by atomic mass is 16.5. The maximum absolute atomic E-state index is 12.3. The van der Waals surface area contributed by atoms with Gasteiger partial charge in [-0.15, -0.1) is 0 Å². The molecular formula is C19H21N3O4. The Morgan fingerprint density at radius 2 is 1.77 bits per heavy atom. The van der Waals surface area contributed by atoms with Crippen LogP contribution < -0.4 is 20.2 Å². The number of hydrogen-bond donors (Lipinski definition) is 2.